The van der Waals surface area contributed by atoms with Crippen molar-refractivity contribution in [2.75, 3.05) is 6.54 Å². The van der Waals surface area contributed by atoms with Gasteiger partial charge in [-0.05, 0) is 24.2 Å². The average molecular weight is 430 g/mol. The number of nitrogens with two attached hydrogens (primary N) is 1. The molecule has 0 aromatic carbocycles. The average Bonchev–Trinajstić information content (AvgIpc) is 2.57. The fourth-order valence-corrected chi connectivity index (χ4v) is 2.69. The fraction of sp³-hybridized carbons (Fsp3) is 0.737. The molecule has 0 aromatic rings. The predicted octanol–water partition coefficient (Wildman–Crippen LogP) is -0.304. The molecule has 7 N–H and O–H groups in total. The van der Waals surface area contributed by atoms with Crippen molar-refractivity contribution in [2.24, 2.45) is 17.1 Å². The van der Waals surface area contributed by atoms with Crippen molar-refractivity contribution in [3.8, 4) is 0 Å². The summed E-state index contributed by atoms with van der Waals surface area (Å²) >= 11 is 0. The van der Waals surface area contributed by atoms with E-state index in [0.29, 0.717) is 6.42 Å². The molecule has 0 heterocycles. The Kier molecular flexibility index (Phi) is 10.8. The van der Waals surface area contributed by atoms with Gasteiger partial charge in [0.05, 0.1) is 0 Å². The maximum absolute atomic E-state index is 12.8. The second-order valence-corrected chi connectivity index (χ2v) is 8.56. The van der Waals surface area contributed by atoms with Crippen LogP contribution < -0.4 is 27.0 Å². The Balaban J connectivity index is 5.44. The van der Waals surface area contributed by atoms with Gasteiger partial charge in [-0.1, -0.05) is 34.6 Å². The van der Waals surface area contributed by atoms with Crippen LogP contribution in [0.5, 0.6) is 0 Å². The SMILES string of the molecule is CC(=O)N[C@@H](C(=O)N[C@H](CCCNC(N)=O)C(=O)N[C@@H](C(=O)O)C(C)(C)C)C(C)C. The molecule has 0 aromatic heterocycles. The number of aliphatic carboxylic acids is 1. The van der Waals surface area contributed by atoms with E-state index < -0.39 is 53.3 Å². The smallest absolute Gasteiger partial charge is 0.326 e. The van der Waals surface area contributed by atoms with Gasteiger partial charge in [0.1, 0.15) is 18.1 Å². The zero-order chi connectivity index (χ0) is 23.6. The normalized spacial score (nSPS) is 14.2. The molecule has 11 heteroatoms. The first-order valence-corrected chi connectivity index (χ1v) is 9.80. The van der Waals surface area contributed by atoms with Gasteiger partial charge in [-0.25, -0.2) is 9.59 Å². The Hall–Kier alpha value is -2.85. The molecule has 0 bridgehead atoms. The Labute approximate surface area is 176 Å². The van der Waals surface area contributed by atoms with Crippen LogP contribution in [-0.4, -0.2) is 59.5 Å². The number of hydrogen-bond donors (Lipinski definition) is 6. The van der Waals surface area contributed by atoms with Crippen LogP contribution in [0, 0.1) is 11.3 Å². The zero-order valence-corrected chi connectivity index (χ0v) is 18.5. The maximum atomic E-state index is 12.8. The molecule has 0 aliphatic heterocycles. The fourth-order valence-electron chi connectivity index (χ4n) is 2.69. The minimum atomic E-state index is -1.20. The van der Waals surface area contributed by atoms with Crippen molar-refractivity contribution in [1.29, 1.82) is 0 Å². The highest BCUT2D eigenvalue weighted by Crippen LogP contribution is 2.19. The number of carbonyl (C=O) groups is 5. The molecule has 0 aliphatic carbocycles. The molecule has 0 unspecified atom stereocenters. The van der Waals surface area contributed by atoms with Crippen LogP contribution in [0.15, 0.2) is 0 Å². The third kappa shape index (κ3) is 10.1. The minimum Gasteiger partial charge on any atom is -0.480 e. The van der Waals surface area contributed by atoms with E-state index in [1.165, 1.54) is 6.92 Å². The van der Waals surface area contributed by atoms with Crippen LogP contribution in [0.25, 0.3) is 0 Å². The number of hydrogen-bond acceptors (Lipinski definition) is 5. The Morgan fingerprint density at radius 2 is 1.53 bits per heavy atom. The largest absolute Gasteiger partial charge is 0.480 e. The predicted molar refractivity (Wildman–Crippen MR) is 110 cm³/mol. The summed E-state index contributed by atoms with van der Waals surface area (Å²) in [5.41, 5.74) is 4.25. The van der Waals surface area contributed by atoms with E-state index >= 15 is 0 Å². The first-order valence-electron chi connectivity index (χ1n) is 9.80. The lowest BCUT2D eigenvalue weighted by Crippen LogP contribution is -2.58. The number of carboxylic acid groups (broad SMARTS) is 1. The van der Waals surface area contributed by atoms with Gasteiger partial charge in [-0.3, -0.25) is 14.4 Å². The van der Waals surface area contributed by atoms with Crippen LogP contribution in [0.3, 0.4) is 0 Å². The van der Waals surface area contributed by atoms with Crippen molar-refractivity contribution in [2.45, 2.75) is 72.5 Å². The molecule has 30 heavy (non-hydrogen) atoms. The lowest BCUT2D eigenvalue weighted by molar-refractivity contribution is -0.145. The monoisotopic (exact) mass is 429 g/mol. The van der Waals surface area contributed by atoms with Crippen LogP contribution in [0.2, 0.25) is 0 Å². The summed E-state index contributed by atoms with van der Waals surface area (Å²) in [6, 6.07) is -3.82. The quantitative estimate of drug-likeness (QED) is 0.245. The lowest BCUT2D eigenvalue weighted by atomic mass is 9.86. The van der Waals surface area contributed by atoms with Crippen molar-refractivity contribution < 1.29 is 29.1 Å². The Morgan fingerprint density at radius 1 is 0.967 bits per heavy atom. The van der Waals surface area contributed by atoms with E-state index in [-0.39, 0.29) is 18.9 Å². The van der Waals surface area contributed by atoms with E-state index in [4.69, 9.17) is 5.73 Å². The van der Waals surface area contributed by atoms with Crippen molar-refractivity contribution >= 4 is 29.7 Å². The molecule has 0 radical (unpaired) electrons. The summed E-state index contributed by atoms with van der Waals surface area (Å²) in [7, 11) is 0. The van der Waals surface area contributed by atoms with Gasteiger partial charge in [0.2, 0.25) is 17.7 Å². The first-order chi connectivity index (χ1) is 13.7. The van der Waals surface area contributed by atoms with Crippen LogP contribution in [0.1, 0.15) is 54.4 Å². The van der Waals surface area contributed by atoms with E-state index in [1.807, 2.05) is 0 Å². The van der Waals surface area contributed by atoms with Gasteiger partial charge < -0.3 is 32.1 Å². The number of carboxylic acids is 1. The molecule has 0 fully saturated rings. The summed E-state index contributed by atoms with van der Waals surface area (Å²) in [5.74, 6) is -3.07. The number of primary amides is 1. The maximum Gasteiger partial charge on any atom is 0.326 e. The van der Waals surface area contributed by atoms with E-state index in [9.17, 15) is 29.1 Å². The van der Waals surface area contributed by atoms with Crippen molar-refractivity contribution in [1.82, 2.24) is 21.3 Å². The minimum absolute atomic E-state index is 0.124. The summed E-state index contributed by atoms with van der Waals surface area (Å²) in [6.07, 6.45) is 0.431. The van der Waals surface area contributed by atoms with Crippen LogP contribution in [-0.2, 0) is 19.2 Å². The summed E-state index contributed by atoms with van der Waals surface area (Å²) < 4.78 is 0. The van der Waals surface area contributed by atoms with E-state index in [0.717, 1.165) is 0 Å². The van der Waals surface area contributed by atoms with Gasteiger partial charge in [-0.15, -0.1) is 0 Å². The number of nitrogens with one attached hydrogen (secondary N) is 4. The molecule has 11 nitrogen and oxygen atoms in total. The highest BCUT2D eigenvalue weighted by atomic mass is 16.4. The summed E-state index contributed by atoms with van der Waals surface area (Å²) in [6.45, 7) is 9.95. The third-order valence-corrected chi connectivity index (χ3v) is 4.31. The highest BCUT2D eigenvalue weighted by Gasteiger charge is 2.35. The molecule has 5 amide bonds. The lowest BCUT2D eigenvalue weighted by Gasteiger charge is -2.30. The Morgan fingerprint density at radius 3 is 1.93 bits per heavy atom. The van der Waals surface area contributed by atoms with Gasteiger partial charge in [-0.2, -0.15) is 0 Å². The standard InChI is InChI=1S/C19H35N5O6/c1-10(2)13(22-11(3)25)16(27)23-12(8-7-9-21-18(20)30)15(26)24-14(17(28)29)19(4,5)6/h10,12-14H,7-9H2,1-6H3,(H,22,25)(H,23,27)(H,24,26)(H,28,29)(H3,20,21,30)/t12-,13-,14+/m1/s1. The summed E-state index contributed by atoms with van der Waals surface area (Å²) in [4.78, 5) is 59.3. The van der Waals surface area contributed by atoms with E-state index in [1.54, 1.807) is 34.6 Å². The van der Waals surface area contributed by atoms with Gasteiger partial charge in [0.25, 0.3) is 0 Å². The molecule has 172 valence electrons. The van der Waals surface area contributed by atoms with Crippen LogP contribution in [0.4, 0.5) is 4.79 Å². The van der Waals surface area contributed by atoms with E-state index in [2.05, 4.69) is 21.3 Å². The number of urea groups is 1. The molecule has 0 saturated carbocycles. The zero-order valence-electron chi connectivity index (χ0n) is 18.5. The third-order valence-electron chi connectivity index (χ3n) is 4.31. The molecule has 0 saturated heterocycles. The molecule has 0 spiro atoms. The van der Waals surface area contributed by atoms with Gasteiger partial charge >= 0.3 is 12.0 Å². The molecular formula is C19H35N5O6. The van der Waals surface area contributed by atoms with Gasteiger partial charge in [0.15, 0.2) is 0 Å². The molecular weight excluding hydrogens is 394 g/mol. The molecule has 0 aliphatic rings. The number of amides is 5. The number of rotatable bonds is 11. The van der Waals surface area contributed by atoms with Crippen LogP contribution >= 0.6 is 0 Å². The van der Waals surface area contributed by atoms with Crippen molar-refractivity contribution in [3.05, 3.63) is 0 Å². The Bertz CT molecular complexity index is 644. The first kappa shape index (κ1) is 27.1. The topological polar surface area (TPSA) is 180 Å². The second-order valence-electron chi connectivity index (χ2n) is 8.56. The van der Waals surface area contributed by atoms with Gasteiger partial charge in [0, 0.05) is 13.5 Å². The molecule has 3 atom stereocenters. The highest BCUT2D eigenvalue weighted by molar-refractivity contribution is 5.93. The second kappa shape index (κ2) is 12.0. The number of carbonyl (C=O) groups excluding carboxylic acids is 4. The molecule has 0 rings (SSSR count). The van der Waals surface area contributed by atoms with Crippen molar-refractivity contribution in [3.63, 3.8) is 0 Å². The summed E-state index contributed by atoms with van der Waals surface area (Å²) in [5, 5.41) is 19.4.